The van der Waals surface area contributed by atoms with E-state index in [1.165, 1.54) is 0 Å². The Labute approximate surface area is 205 Å². The molecule has 0 saturated carbocycles. The van der Waals surface area contributed by atoms with Crippen molar-refractivity contribution in [1.29, 1.82) is 0 Å². The molecule has 3 unspecified atom stereocenters. The number of amides is 1. The van der Waals surface area contributed by atoms with Crippen LogP contribution in [0.2, 0.25) is 0 Å². The summed E-state index contributed by atoms with van der Waals surface area (Å²) >= 11 is 0. The van der Waals surface area contributed by atoms with Crippen molar-refractivity contribution in [2.24, 2.45) is 17.6 Å². The molecule has 0 radical (unpaired) electrons. The third-order valence-corrected chi connectivity index (χ3v) is 8.31. The second-order valence-electron chi connectivity index (χ2n) is 9.48. The summed E-state index contributed by atoms with van der Waals surface area (Å²) in [4.78, 5) is 39.1. The van der Waals surface area contributed by atoms with Crippen LogP contribution in [0.4, 0.5) is 0 Å². The summed E-state index contributed by atoms with van der Waals surface area (Å²) < 4.78 is 13.2. The molecule has 6 N–H and O–H groups in total. The van der Waals surface area contributed by atoms with Crippen LogP contribution in [0, 0.1) is 11.8 Å². The molecule has 8 nitrogen and oxygen atoms in total. The molecule has 0 aliphatic rings. The zero-order valence-electron chi connectivity index (χ0n) is 20.1. The van der Waals surface area contributed by atoms with E-state index in [-0.39, 0.29) is 24.9 Å². The molecule has 0 fully saturated rings. The molecule has 1 aromatic heterocycles. The number of carboxylic acid groups (broad SMARTS) is 1. The van der Waals surface area contributed by atoms with Crippen molar-refractivity contribution in [2.75, 3.05) is 6.16 Å². The molecular formula is C26H34N3O5P. The van der Waals surface area contributed by atoms with Crippen LogP contribution in [-0.4, -0.2) is 44.8 Å². The van der Waals surface area contributed by atoms with Crippen LogP contribution < -0.4 is 11.1 Å². The first-order valence-electron chi connectivity index (χ1n) is 11.8. The van der Waals surface area contributed by atoms with Gasteiger partial charge in [0.15, 0.2) is 0 Å². The van der Waals surface area contributed by atoms with Crippen molar-refractivity contribution in [3.8, 4) is 0 Å². The van der Waals surface area contributed by atoms with Gasteiger partial charge in [-0.2, -0.15) is 0 Å². The van der Waals surface area contributed by atoms with Crippen molar-refractivity contribution < 1.29 is 24.2 Å². The highest BCUT2D eigenvalue weighted by molar-refractivity contribution is 7.58. The molecule has 3 aromatic rings. The van der Waals surface area contributed by atoms with Crippen LogP contribution in [-0.2, 0) is 27.0 Å². The Kier molecular flexibility index (Phi) is 8.89. The smallest absolute Gasteiger partial charge is 0.326 e. The Balaban J connectivity index is 1.73. The summed E-state index contributed by atoms with van der Waals surface area (Å²) in [6.45, 7) is 3.82. The molecule has 1 amide bonds. The van der Waals surface area contributed by atoms with Gasteiger partial charge in [0.05, 0.1) is 5.78 Å². The number of aromatic nitrogens is 1. The minimum absolute atomic E-state index is 0.0630. The minimum Gasteiger partial charge on any atom is -0.480 e. The summed E-state index contributed by atoms with van der Waals surface area (Å²) in [5.41, 5.74) is 8.60. The van der Waals surface area contributed by atoms with Crippen LogP contribution in [0.3, 0.4) is 0 Å². The van der Waals surface area contributed by atoms with Gasteiger partial charge in [0.25, 0.3) is 0 Å². The number of carbonyl (C=O) groups excluding carboxylic acids is 1. The molecule has 1 heterocycles. The van der Waals surface area contributed by atoms with Gasteiger partial charge >= 0.3 is 5.97 Å². The van der Waals surface area contributed by atoms with Gasteiger partial charge in [0.1, 0.15) is 6.04 Å². The number of nitrogens with one attached hydrogen (secondary N) is 2. The molecule has 0 bridgehead atoms. The second kappa shape index (κ2) is 11.7. The highest BCUT2D eigenvalue weighted by atomic mass is 31.2. The summed E-state index contributed by atoms with van der Waals surface area (Å²) in [5, 5.41) is 13.3. The number of benzene rings is 2. The maximum atomic E-state index is 13.2. The van der Waals surface area contributed by atoms with Crippen molar-refractivity contribution in [2.45, 2.75) is 44.9 Å². The van der Waals surface area contributed by atoms with Gasteiger partial charge in [-0.15, -0.1) is 0 Å². The lowest BCUT2D eigenvalue weighted by Crippen LogP contribution is -2.46. The SMILES string of the molecule is CC(C)CC(CP(=O)(O)C(N)Cc1ccccc1)C(=O)N[C@@H](Cc1c[nH]c2ccccc12)C(=O)O. The largest absolute Gasteiger partial charge is 0.480 e. The zero-order chi connectivity index (χ0) is 25.6. The average Bonchev–Trinajstić information content (AvgIpc) is 3.21. The fourth-order valence-corrected chi connectivity index (χ4v) is 6.01. The molecule has 0 spiro atoms. The summed E-state index contributed by atoms with van der Waals surface area (Å²) in [6.07, 6.45) is 2.08. The van der Waals surface area contributed by atoms with Gasteiger partial charge in [0, 0.05) is 35.6 Å². The van der Waals surface area contributed by atoms with Crippen LogP contribution >= 0.6 is 7.37 Å². The van der Waals surface area contributed by atoms with E-state index in [2.05, 4.69) is 10.3 Å². The number of aromatic amines is 1. The maximum Gasteiger partial charge on any atom is 0.326 e. The fourth-order valence-electron chi connectivity index (χ4n) is 4.29. The second-order valence-corrected chi connectivity index (χ2v) is 12.0. The Hall–Kier alpha value is -2.93. The minimum atomic E-state index is -3.91. The maximum absolute atomic E-state index is 13.2. The molecule has 0 saturated heterocycles. The quantitative estimate of drug-likeness (QED) is 0.240. The van der Waals surface area contributed by atoms with E-state index >= 15 is 0 Å². The molecule has 188 valence electrons. The number of carboxylic acids is 1. The normalized spacial score (nSPS) is 15.9. The number of rotatable bonds is 12. The van der Waals surface area contributed by atoms with Gasteiger partial charge in [-0.3, -0.25) is 9.36 Å². The van der Waals surface area contributed by atoms with E-state index in [0.29, 0.717) is 6.42 Å². The third-order valence-electron chi connectivity index (χ3n) is 6.13. The van der Waals surface area contributed by atoms with Crippen LogP contribution in [0.25, 0.3) is 10.9 Å². The number of para-hydroxylation sites is 1. The predicted octanol–water partition coefficient (Wildman–Crippen LogP) is 3.74. The lowest BCUT2D eigenvalue weighted by molar-refractivity contribution is -0.142. The standard InChI is InChI=1S/C26H34N3O5P/c1-17(2)12-20(16-35(33,34)24(27)13-18-8-4-3-5-9-18)25(30)29-23(26(31)32)14-19-15-28-22-11-7-6-10-21(19)22/h3-11,15,17,20,23-24,28H,12-14,16,27H2,1-2H3,(H,29,30)(H,31,32)(H,33,34)/t20?,23-,24?/m0/s1. The molecular weight excluding hydrogens is 465 g/mol. The van der Waals surface area contributed by atoms with Crippen molar-refractivity contribution in [3.63, 3.8) is 0 Å². The molecule has 2 aromatic carbocycles. The van der Waals surface area contributed by atoms with E-state index < -0.39 is 37.0 Å². The Bertz CT molecular complexity index is 1190. The van der Waals surface area contributed by atoms with Gasteiger partial charge in [-0.05, 0) is 36.0 Å². The molecule has 35 heavy (non-hydrogen) atoms. The Morgan fingerprint density at radius 2 is 1.71 bits per heavy atom. The first kappa shape index (κ1) is 26.7. The number of fused-ring (bicyclic) bond motifs is 1. The van der Waals surface area contributed by atoms with Crippen molar-refractivity contribution >= 4 is 30.1 Å². The Morgan fingerprint density at radius 3 is 2.37 bits per heavy atom. The van der Waals surface area contributed by atoms with Crippen molar-refractivity contribution in [1.82, 2.24) is 10.3 Å². The first-order chi connectivity index (χ1) is 16.6. The van der Waals surface area contributed by atoms with E-state index in [9.17, 15) is 24.2 Å². The topological polar surface area (TPSA) is 146 Å². The lowest BCUT2D eigenvalue weighted by atomic mass is 9.97. The molecule has 3 rings (SSSR count). The number of carbonyl (C=O) groups is 2. The van der Waals surface area contributed by atoms with Crippen LogP contribution in [0.1, 0.15) is 31.4 Å². The highest BCUT2D eigenvalue weighted by Crippen LogP contribution is 2.47. The van der Waals surface area contributed by atoms with Crippen molar-refractivity contribution in [3.05, 3.63) is 71.9 Å². The lowest BCUT2D eigenvalue weighted by Gasteiger charge is -2.26. The van der Waals surface area contributed by atoms with Gasteiger partial charge in [0.2, 0.25) is 13.3 Å². The molecule has 0 aliphatic carbocycles. The zero-order valence-corrected chi connectivity index (χ0v) is 20.9. The third kappa shape index (κ3) is 7.28. The first-order valence-corrected chi connectivity index (χ1v) is 13.7. The summed E-state index contributed by atoms with van der Waals surface area (Å²) in [6, 6.07) is 15.5. The van der Waals surface area contributed by atoms with Crippen LogP contribution in [0.15, 0.2) is 60.8 Å². The van der Waals surface area contributed by atoms with Crippen LogP contribution in [0.5, 0.6) is 0 Å². The summed E-state index contributed by atoms with van der Waals surface area (Å²) in [7, 11) is -3.91. The van der Waals surface area contributed by atoms with E-state index in [4.69, 9.17) is 5.73 Å². The van der Waals surface area contributed by atoms with E-state index in [0.717, 1.165) is 22.0 Å². The van der Waals surface area contributed by atoms with E-state index in [1.54, 1.807) is 6.20 Å². The number of hydrogen-bond acceptors (Lipinski definition) is 4. The molecule has 9 heteroatoms. The average molecular weight is 500 g/mol. The fraction of sp³-hybridized carbons (Fsp3) is 0.385. The summed E-state index contributed by atoms with van der Waals surface area (Å²) in [5.74, 6) is -3.51. The number of H-pyrrole nitrogens is 1. The van der Waals surface area contributed by atoms with Gasteiger partial charge in [-0.1, -0.05) is 62.4 Å². The number of aliphatic carboxylic acids is 1. The van der Waals surface area contributed by atoms with Gasteiger partial charge < -0.3 is 26.0 Å². The highest BCUT2D eigenvalue weighted by Gasteiger charge is 2.36. The number of hydrogen-bond donors (Lipinski definition) is 5. The predicted molar refractivity (Wildman–Crippen MR) is 137 cm³/mol. The molecule has 0 aliphatic heterocycles. The monoisotopic (exact) mass is 499 g/mol. The number of nitrogens with two attached hydrogens (primary N) is 1. The Morgan fingerprint density at radius 1 is 1.06 bits per heavy atom. The molecule has 4 atom stereocenters. The van der Waals surface area contributed by atoms with Gasteiger partial charge in [-0.25, -0.2) is 4.79 Å². The van der Waals surface area contributed by atoms with E-state index in [1.807, 2.05) is 68.4 Å².